The van der Waals surface area contributed by atoms with Crippen LogP contribution in [0, 0.1) is 5.82 Å². The molecular formula is C22H31FN2O5S. The van der Waals surface area contributed by atoms with Gasteiger partial charge >= 0.3 is 6.03 Å². The van der Waals surface area contributed by atoms with Crippen molar-refractivity contribution in [3.8, 4) is 5.75 Å². The van der Waals surface area contributed by atoms with E-state index in [1.54, 1.807) is 12.1 Å². The van der Waals surface area contributed by atoms with Crippen molar-refractivity contribution in [3.63, 3.8) is 0 Å². The SMILES string of the molecule is C[C@@H](CS(=O)(=O)CCCCCN1CC(=O)NC1=O)c1ccc(F)c(OC2CCCC2)c1. The number of hydrogen-bond acceptors (Lipinski definition) is 5. The fraction of sp³-hybridized carbons (Fsp3) is 0.636. The third-order valence-corrected chi connectivity index (χ3v) is 7.79. The molecule has 0 radical (unpaired) electrons. The summed E-state index contributed by atoms with van der Waals surface area (Å²) < 4.78 is 45.0. The van der Waals surface area contributed by atoms with Crippen LogP contribution < -0.4 is 10.1 Å². The van der Waals surface area contributed by atoms with Crippen LogP contribution in [-0.4, -0.2) is 56.0 Å². The molecule has 1 aliphatic heterocycles. The number of rotatable bonds is 11. The number of carbonyl (C=O) groups excluding carboxylic acids is 2. The second kappa shape index (κ2) is 10.4. The Balaban J connectivity index is 1.44. The smallest absolute Gasteiger partial charge is 0.324 e. The van der Waals surface area contributed by atoms with Crippen LogP contribution in [0.4, 0.5) is 9.18 Å². The van der Waals surface area contributed by atoms with E-state index >= 15 is 0 Å². The fourth-order valence-electron chi connectivity index (χ4n) is 4.13. The lowest BCUT2D eigenvalue weighted by Crippen LogP contribution is -2.29. The van der Waals surface area contributed by atoms with Crippen LogP contribution in [0.3, 0.4) is 0 Å². The molecule has 1 atom stereocenters. The second-order valence-electron chi connectivity index (χ2n) is 8.57. The number of nitrogens with one attached hydrogen (secondary N) is 1. The largest absolute Gasteiger partial charge is 0.487 e. The standard InChI is InChI=1S/C22H31FN2O5S/c1-16(17-9-10-19(23)20(13-17)30-18-7-3-4-8-18)15-31(28,29)12-6-2-5-11-25-14-21(26)24-22(25)27/h9-10,13,16,18H,2-8,11-12,14-15H2,1H3,(H,24,26,27)/t16-/m0/s1. The van der Waals surface area contributed by atoms with Gasteiger partial charge in [-0.3, -0.25) is 10.1 Å². The van der Waals surface area contributed by atoms with E-state index in [4.69, 9.17) is 4.74 Å². The number of nitrogens with zero attached hydrogens (tertiary/aromatic N) is 1. The summed E-state index contributed by atoms with van der Waals surface area (Å²) in [5.41, 5.74) is 0.752. The van der Waals surface area contributed by atoms with Gasteiger partial charge in [0.15, 0.2) is 21.4 Å². The highest BCUT2D eigenvalue weighted by atomic mass is 32.2. The Labute approximate surface area is 183 Å². The molecule has 0 aromatic heterocycles. The van der Waals surface area contributed by atoms with E-state index in [9.17, 15) is 22.4 Å². The first kappa shape index (κ1) is 23.5. The van der Waals surface area contributed by atoms with E-state index in [0.717, 1.165) is 31.2 Å². The highest BCUT2D eigenvalue weighted by molar-refractivity contribution is 7.91. The number of ether oxygens (including phenoxy) is 1. The summed E-state index contributed by atoms with van der Waals surface area (Å²) in [6.07, 6.45) is 5.85. The normalized spacial score (nSPS) is 18.5. The fourth-order valence-corrected chi connectivity index (χ4v) is 5.89. The van der Waals surface area contributed by atoms with Gasteiger partial charge < -0.3 is 9.64 Å². The Morgan fingerprint density at radius 3 is 2.61 bits per heavy atom. The molecule has 0 unspecified atom stereocenters. The minimum atomic E-state index is -3.27. The lowest BCUT2D eigenvalue weighted by Gasteiger charge is -2.17. The van der Waals surface area contributed by atoms with Gasteiger partial charge in [-0.15, -0.1) is 0 Å². The number of urea groups is 1. The zero-order valence-electron chi connectivity index (χ0n) is 17.9. The monoisotopic (exact) mass is 454 g/mol. The summed E-state index contributed by atoms with van der Waals surface area (Å²) in [6.45, 7) is 2.33. The molecule has 2 fully saturated rings. The second-order valence-corrected chi connectivity index (χ2v) is 10.8. The minimum absolute atomic E-state index is 0.00939. The summed E-state index contributed by atoms with van der Waals surface area (Å²) >= 11 is 0. The van der Waals surface area contributed by atoms with Gasteiger partial charge in [-0.2, -0.15) is 0 Å². The van der Waals surface area contributed by atoms with Crippen molar-refractivity contribution in [2.45, 2.75) is 63.9 Å². The molecule has 1 aliphatic carbocycles. The third-order valence-electron chi connectivity index (χ3n) is 5.88. The number of halogens is 1. The van der Waals surface area contributed by atoms with Crippen molar-refractivity contribution < 1.29 is 27.1 Å². The molecule has 0 spiro atoms. The molecule has 3 rings (SSSR count). The van der Waals surface area contributed by atoms with Gasteiger partial charge in [-0.1, -0.05) is 19.4 Å². The Bertz CT molecular complexity index is 899. The minimum Gasteiger partial charge on any atom is -0.487 e. The zero-order chi connectivity index (χ0) is 22.4. The van der Waals surface area contributed by atoms with Crippen molar-refractivity contribution in [3.05, 3.63) is 29.6 Å². The van der Waals surface area contributed by atoms with Crippen LogP contribution in [-0.2, 0) is 14.6 Å². The quantitative estimate of drug-likeness (QED) is 0.409. The molecule has 1 aromatic carbocycles. The molecule has 31 heavy (non-hydrogen) atoms. The first-order valence-electron chi connectivity index (χ1n) is 11.0. The van der Waals surface area contributed by atoms with Crippen molar-refractivity contribution in [1.29, 1.82) is 0 Å². The predicted molar refractivity (Wildman–Crippen MR) is 115 cm³/mol. The molecule has 1 aromatic rings. The molecule has 7 nitrogen and oxygen atoms in total. The molecular weight excluding hydrogens is 423 g/mol. The summed E-state index contributed by atoms with van der Waals surface area (Å²) in [5.74, 6) is -0.730. The van der Waals surface area contributed by atoms with Gasteiger partial charge in [0.1, 0.15) is 6.54 Å². The Morgan fingerprint density at radius 1 is 1.19 bits per heavy atom. The Morgan fingerprint density at radius 2 is 1.94 bits per heavy atom. The van der Waals surface area contributed by atoms with Gasteiger partial charge in [0, 0.05) is 6.54 Å². The van der Waals surface area contributed by atoms with Crippen molar-refractivity contribution in [2.24, 2.45) is 0 Å². The van der Waals surface area contributed by atoms with Crippen LogP contribution >= 0.6 is 0 Å². The maximum Gasteiger partial charge on any atom is 0.324 e. The summed E-state index contributed by atoms with van der Waals surface area (Å²) in [5, 5.41) is 2.22. The maximum atomic E-state index is 14.1. The highest BCUT2D eigenvalue weighted by Crippen LogP contribution is 2.29. The van der Waals surface area contributed by atoms with E-state index in [2.05, 4.69) is 5.32 Å². The maximum absolute atomic E-state index is 14.1. The number of amides is 3. The lowest BCUT2D eigenvalue weighted by molar-refractivity contribution is -0.118. The molecule has 1 saturated heterocycles. The topological polar surface area (TPSA) is 92.8 Å². The van der Waals surface area contributed by atoms with Crippen molar-refractivity contribution in [2.75, 3.05) is 24.6 Å². The lowest BCUT2D eigenvalue weighted by atomic mass is 10.0. The molecule has 1 saturated carbocycles. The average Bonchev–Trinajstić information content (AvgIpc) is 3.32. The van der Waals surface area contributed by atoms with E-state index in [1.807, 2.05) is 6.92 Å². The Kier molecular flexibility index (Phi) is 7.91. The number of hydrogen-bond donors (Lipinski definition) is 1. The molecule has 0 bridgehead atoms. The van der Waals surface area contributed by atoms with E-state index in [-0.39, 0.29) is 47.8 Å². The molecule has 1 heterocycles. The van der Waals surface area contributed by atoms with E-state index in [1.165, 1.54) is 11.0 Å². The number of sulfone groups is 1. The molecule has 9 heteroatoms. The number of unbranched alkanes of at least 4 members (excludes halogenated alkanes) is 2. The number of carbonyl (C=O) groups is 2. The van der Waals surface area contributed by atoms with Crippen LogP contribution in [0.2, 0.25) is 0 Å². The van der Waals surface area contributed by atoms with Gasteiger partial charge in [0.25, 0.3) is 0 Å². The summed E-state index contributed by atoms with van der Waals surface area (Å²) in [6, 6.07) is 4.22. The van der Waals surface area contributed by atoms with Crippen LogP contribution in [0.25, 0.3) is 0 Å². The summed E-state index contributed by atoms with van der Waals surface area (Å²) in [4.78, 5) is 24.0. The average molecular weight is 455 g/mol. The zero-order valence-corrected chi connectivity index (χ0v) is 18.8. The molecule has 3 amide bonds. The van der Waals surface area contributed by atoms with Crippen LogP contribution in [0.15, 0.2) is 18.2 Å². The van der Waals surface area contributed by atoms with Crippen LogP contribution in [0.1, 0.15) is 63.4 Å². The number of benzene rings is 1. The van der Waals surface area contributed by atoms with E-state index < -0.39 is 15.7 Å². The first-order chi connectivity index (χ1) is 14.7. The predicted octanol–water partition coefficient (Wildman–Crippen LogP) is 3.39. The summed E-state index contributed by atoms with van der Waals surface area (Å²) in [7, 11) is -3.27. The van der Waals surface area contributed by atoms with Gasteiger partial charge in [0.2, 0.25) is 5.91 Å². The third kappa shape index (κ3) is 6.92. The first-order valence-corrected chi connectivity index (χ1v) is 12.8. The molecule has 1 N–H and O–H groups in total. The van der Waals surface area contributed by atoms with E-state index in [0.29, 0.717) is 25.8 Å². The highest BCUT2D eigenvalue weighted by Gasteiger charge is 2.26. The Hall–Kier alpha value is -2.16. The van der Waals surface area contributed by atoms with Gasteiger partial charge in [0.05, 0.1) is 17.6 Å². The number of imide groups is 1. The van der Waals surface area contributed by atoms with Crippen molar-refractivity contribution >= 4 is 21.8 Å². The molecule has 172 valence electrons. The van der Waals surface area contributed by atoms with Gasteiger partial charge in [-0.25, -0.2) is 17.6 Å². The van der Waals surface area contributed by atoms with Crippen LogP contribution in [0.5, 0.6) is 5.75 Å². The van der Waals surface area contributed by atoms with Gasteiger partial charge in [-0.05, 0) is 62.1 Å². The van der Waals surface area contributed by atoms with Crippen molar-refractivity contribution in [1.82, 2.24) is 10.2 Å². The molecule has 2 aliphatic rings.